The molecule has 1 N–H and O–H groups in total. The molecule has 0 radical (unpaired) electrons. The van der Waals surface area contributed by atoms with Gasteiger partial charge in [-0.05, 0) is 52.6 Å². The monoisotopic (exact) mass is 395 g/mol. The Morgan fingerprint density at radius 3 is 2.41 bits per heavy atom. The minimum Gasteiger partial charge on any atom is -0.392 e. The lowest BCUT2D eigenvalue weighted by atomic mass is 10.00. The fourth-order valence-corrected chi connectivity index (χ4v) is 3.51. The molecule has 1 aliphatic heterocycles. The molecule has 0 aliphatic carbocycles. The van der Waals surface area contributed by atoms with Gasteiger partial charge in [0.1, 0.15) is 18.2 Å². The maximum atomic E-state index is 13.6. The van der Waals surface area contributed by atoms with Gasteiger partial charge in [0.25, 0.3) is 5.91 Å². The highest BCUT2D eigenvalue weighted by Gasteiger charge is 2.23. The van der Waals surface area contributed by atoms with Crippen LogP contribution in [0.3, 0.4) is 0 Å². The highest BCUT2D eigenvalue weighted by Crippen LogP contribution is 2.31. The molecule has 4 nitrogen and oxygen atoms in total. The first-order valence-corrected chi connectivity index (χ1v) is 9.19. The minimum absolute atomic E-state index is 0.0449. The zero-order chi connectivity index (χ0) is 20.4. The Bertz CT molecular complexity index is 1050. The highest BCUT2D eigenvalue weighted by molar-refractivity contribution is 5.96. The minimum atomic E-state index is -0.683. The lowest BCUT2D eigenvalue weighted by molar-refractivity contribution is -0.123. The average molecular weight is 395 g/mol. The van der Waals surface area contributed by atoms with Gasteiger partial charge in [-0.1, -0.05) is 24.3 Å². The van der Waals surface area contributed by atoms with Gasteiger partial charge in [0.15, 0.2) is 0 Å². The second kappa shape index (κ2) is 8.11. The molecule has 0 fully saturated rings. The average Bonchev–Trinajstić information content (AvgIpc) is 2.86. The van der Waals surface area contributed by atoms with Crippen molar-refractivity contribution in [3.63, 3.8) is 0 Å². The van der Waals surface area contributed by atoms with Gasteiger partial charge >= 0.3 is 0 Å². The van der Waals surface area contributed by atoms with E-state index in [1.165, 1.54) is 17.0 Å². The number of carbonyl (C=O) groups is 1. The van der Waals surface area contributed by atoms with Crippen LogP contribution in [0.15, 0.2) is 60.7 Å². The van der Waals surface area contributed by atoms with Crippen LogP contribution >= 0.6 is 0 Å². The first-order valence-electron chi connectivity index (χ1n) is 9.19. The first kappa shape index (κ1) is 19.2. The lowest BCUT2D eigenvalue weighted by Gasteiger charge is -2.23. The van der Waals surface area contributed by atoms with Crippen LogP contribution in [0.4, 0.5) is 14.5 Å². The van der Waals surface area contributed by atoms with Gasteiger partial charge in [-0.25, -0.2) is 8.78 Å². The van der Waals surface area contributed by atoms with Crippen LogP contribution in [0.5, 0.6) is 0 Å². The summed E-state index contributed by atoms with van der Waals surface area (Å²) in [6.07, 6.45) is 0. The summed E-state index contributed by atoms with van der Waals surface area (Å²) in [4.78, 5) is 14.1. The van der Waals surface area contributed by atoms with Crippen molar-refractivity contribution in [2.45, 2.75) is 19.8 Å². The molecule has 0 unspecified atom stereocenters. The fourth-order valence-electron chi connectivity index (χ4n) is 3.51. The van der Waals surface area contributed by atoms with Gasteiger partial charge in [0.05, 0.1) is 19.8 Å². The van der Waals surface area contributed by atoms with Crippen LogP contribution in [0, 0.1) is 11.6 Å². The SMILES string of the molecule is O=C1COCc2cc(-c3cccc(CO)c3)ccc2N1Cc1cc(F)cc(F)c1. The van der Waals surface area contributed by atoms with Crippen LogP contribution in [0.2, 0.25) is 0 Å². The molecule has 3 aromatic carbocycles. The Kier molecular flexibility index (Phi) is 5.38. The molecule has 0 aromatic heterocycles. The van der Waals surface area contributed by atoms with E-state index in [0.29, 0.717) is 11.3 Å². The van der Waals surface area contributed by atoms with Crippen LogP contribution in [0.1, 0.15) is 16.7 Å². The molecular weight excluding hydrogens is 376 g/mol. The molecule has 0 saturated heterocycles. The molecule has 1 aliphatic rings. The number of aliphatic hydroxyl groups is 1. The van der Waals surface area contributed by atoms with E-state index >= 15 is 0 Å². The molecule has 1 amide bonds. The molecule has 4 rings (SSSR count). The Hall–Kier alpha value is -3.09. The van der Waals surface area contributed by atoms with Crippen molar-refractivity contribution < 1.29 is 23.4 Å². The molecule has 0 spiro atoms. The predicted molar refractivity (Wildman–Crippen MR) is 105 cm³/mol. The zero-order valence-electron chi connectivity index (χ0n) is 15.6. The molecular formula is C23H19F2NO3. The maximum Gasteiger partial charge on any atom is 0.253 e. The number of fused-ring (bicyclic) bond motifs is 1. The third-order valence-corrected chi connectivity index (χ3v) is 4.86. The summed E-state index contributed by atoms with van der Waals surface area (Å²) in [5, 5.41) is 9.36. The van der Waals surface area contributed by atoms with Gasteiger partial charge in [-0.2, -0.15) is 0 Å². The number of rotatable bonds is 4. The number of hydrogen-bond donors (Lipinski definition) is 1. The van der Waals surface area contributed by atoms with Crippen molar-refractivity contribution in [2.24, 2.45) is 0 Å². The van der Waals surface area contributed by atoms with E-state index in [-0.39, 0.29) is 32.3 Å². The number of halogens is 2. The molecule has 148 valence electrons. The summed E-state index contributed by atoms with van der Waals surface area (Å²) in [6, 6.07) is 16.4. The smallest absolute Gasteiger partial charge is 0.253 e. The van der Waals surface area contributed by atoms with Gasteiger partial charge in [-0.3, -0.25) is 4.79 Å². The molecule has 0 saturated carbocycles. The van der Waals surface area contributed by atoms with E-state index in [2.05, 4.69) is 0 Å². The summed E-state index contributed by atoms with van der Waals surface area (Å²) >= 11 is 0. The first-order chi connectivity index (χ1) is 14.0. The molecule has 0 atom stereocenters. The topological polar surface area (TPSA) is 49.8 Å². The van der Waals surface area contributed by atoms with Crippen molar-refractivity contribution in [1.82, 2.24) is 0 Å². The van der Waals surface area contributed by atoms with Gasteiger partial charge < -0.3 is 14.7 Å². The van der Waals surface area contributed by atoms with Crippen LogP contribution in [-0.2, 0) is 29.3 Å². The Morgan fingerprint density at radius 2 is 1.66 bits per heavy atom. The van der Waals surface area contributed by atoms with E-state index in [1.807, 2.05) is 42.5 Å². The van der Waals surface area contributed by atoms with Crippen LogP contribution < -0.4 is 4.90 Å². The third kappa shape index (κ3) is 4.18. The molecule has 0 bridgehead atoms. The number of aliphatic hydroxyl groups excluding tert-OH is 1. The van der Waals surface area contributed by atoms with Crippen molar-refractivity contribution >= 4 is 11.6 Å². The number of hydrogen-bond acceptors (Lipinski definition) is 3. The van der Waals surface area contributed by atoms with Gasteiger partial charge in [0, 0.05) is 17.3 Å². The van der Waals surface area contributed by atoms with E-state index in [4.69, 9.17) is 4.74 Å². The quantitative estimate of drug-likeness (QED) is 0.721. The number of anilines is 1. The van der Waals surface area contributed by atoms with Crippen molar-refractivity contribution in [3.8, 4) is 11.1 Å². The lowest BCUT2D eigenvalue weighted by Crippen LogP contribution is -2.32. The highest BCUT2D eigenvalue weighted by atomic mass is 19.1. The van der Waals surface area contributed by atoms with Crippen LogP contribution in [-0.4, -0.2) is 17.6 Å². The molecule has 29 heavy (non-hydrogen) atoms. The van der Waals surface area contributed by atoms with Gasteiger partial charge in [0.2, 0.25) is 0 Å². The molecule has 3 aromatic rings. The van der Waals surface area contributed by atoms with Crippen molar-refractivity contribution in [2.75, 3.05) is 11.5 Å². The van der Waals surface area contributed by atoms with Crippen molar-refractivity contribution in [1.29, 1.82) is 0 Å². The normalized spacial score (nSPS) is 13.9. The summed E-state index contributed by atoms with van der Waals surface area (Å²) in [5.74, 6) is -1.64. The summed E-state index contributed by atoms with van der Waals surface area (Å²) in [6.45, 7) is 0.141. The number of amides is 1. The number of carbonyl (C=O) groups excluding carboxylic acids is 1. The van der Waals surface area contributed by atoms with E-state index in [0.717, 1.165) is 28.3 Å². The molecule has 6 heteroatoms. The predicted octanol–water partition coefficient (Wildman–Crippen LogP) is 4.19. The van der Waals surface area contributed by atoms with E-state index in [1.54, 1.807) is 0 Å². The van der Waals surface area contributed by atoms with E-state index in [9.17, 15) is 18.7 Å². The summed E-state index contributed by atoms with van der Waals surface area (Å²) in [5.41, 5.74) is 4.49. The summed E-state index contributed by atoms with van der Waals surface area (Å²) < 4.78 is 32.6. The Labute approximate surface area is 167 Å². The third-order valence-electron chi connectivity index (χ3n) is 4.86. The van der Waals surface area contributed by atoms with Gasteiger partial charge in [-0.15, -0.1) is 0 Å². The Morgan fingerprint density at radius 1 is 0.897 bits per heavy atom. The van der Waals surface area contributed by atoms with E-state index < -0.39 is 11.6 Å². The number of nitrogens with zero attached hydrogens (tertiary/aromatic N) is 1. The number of ether oxygens (including phenoxy) is 1. The second-order valence-electron chi connectivity index (χ2n) is 6.95. The largest absolute Gasteiger partial charge is 0.392 e. The fraction of sp³-hybridized carbons (Fsp3) is 0.174. The standard InChI is InChI=1S/C23H19F2NO3/c24-20-7-16(8-21(25)10-20)11-26-22-5-4-18(9-19(22)13-29-14-23(26)28)17-3-1-2-15(6-17)12-27/h1-10,27H,11-14H2. The summed E-state index contributed by atoms with van der Waals surface area (Å²) in [7, 11) is 0. The second-order valence-corrected chi connectivity index (χ2v) is 6.95. The number of benzene rings is 3. The maximum absolute atomic E-state index is 13.6. The Balaban J connectivity index is 1.71. The van der Waals surface area contributed by atoms with Crippen molar-refractivity contribution in [3.05, 3.63) is 89.0 Å². The van der Waals surface area contributed by atoms with Crippen LogP contribution in [0.25, 0.3) is 11.1 Å². The molecule has 1 heterocycles. The zero-order valence-corrected chi connectivity index (χ0v) is 15.6.